The van der Waals surface area contributed by atoms with Crippen molar-refractivity contribution in [2.45, 2.75) is 25.3 Å². The quantitative estimate of drug-likeness (QED) is 0.789. The average molecular weight is 351 g/mol. The van der Waals surface area contributed by atoms with Gasteiger partial charge in [-0.3, -0.25) is 9.59 Å². The van der Waals surface area contributed by atoms with Crippen LogP contribution in [0.1, 0.15) is 39.8 Å². The van der Waals surface area contributed by atoms with Crippen LogP contribution in [0, 0.1) is 0 Å². The maximum absolute atomic E-state index is 12.7. The molecule has 0 fully saturated rings. The van der Waals surface area contributed by atoms with E-state index in [4.69, 9.17) is 0 Å². The molecule has 1 aliphatic rings. The lowest BCUT2D eigenvalue weighted by Crippen LogP contribution is -2.33. The number of carbonyl (C=O) groups excluding carboxylic acids is 1. The average Bonchev–Trinajstić information content (AvgIpc) is 3.12. The second-order valence-corrected chi connectivity index (χ2v) is 7.02. The van der Waals surface area contributed by atoms with Crippen molar-refractivity contribution in [3.63, 3.8) is 0 Å². The Labute approximate surface area is 148 Å². The zero-order chi connectivity index (χ0) is 17.2. The van der Waals surface area contributed by atoms with E-state index in [1.165, 1.54) is 27.3 Å². The van der Waals surface area contributed by atoms with Crippen molar-refractivity contribution in [2.75, 3.05) is 0 Å². The van der Waals surface area contributed by atoms with E-state index in [9.17, 15) is 9.59 Å². The molecule has 0 spiro atoms. The number of aromatic nitrogens is 2. The van der Waals surface area contributed by atoms with Gasteiger partial charge in [0.05, 0.1) is 11.7 Å². The molecule has 0 saturated carbocycles. The molecule has 1 N–H and O–H groups in total. The van der Waals surface area contributed by atoms with E-state index < -0.39 is 0 Å². The van der Waals surface area contributed by atoms with Gasteiger partial charge >= 0.3 is 0 Å². The van der Waals surface area contributed by atoms with Gasteiger partial charge in [0.1, 0.15) is 5.69 Å². The van der Waals surface area contributed by atoms with Gasteiger partial charge in [-0.2, -0.15) is 9.78 Å². The van der Waals surface area contributed by atoms with E-state index in [0.717, 1.165) is 19.3 Å². The molecule has 126 valence electrons. The number of para-hydroxylation sites is 1. The molecule has 1 aliphatic carbocycles. The molecule has 1 aromatic carbocycles. The lowest BCUT2D eigenvalue weighted by atomic mass is 9.94. The summed E-state index contributed by atoms with van der Waals surface area (Å²) in [6, 6.07) is 14.1. The summed E-state index contributed by atoms with van der Waals surface area (Å²) >= 11 is 1.74. The van der Waals surface area contributed by atoms with Crippen LogP contribution in [0.3, 0.4) is 0 Å². The number of carbonyl (C=O) groups is 1. The topological polar surface area (TPSA) is 64.0 Å². The number of thiophene rings is 1. The van der Waals surface area contributed by atoms with Crippen molar-refractivity contribution in [3.8, 4) is 5.69 Å². The summed E-state index contributed by atoms with van der Waals surface area (Å²) in [6.07, 6.45) is 3.07. The second-order valence-electron chi connectivity index (χ2n) is 6.02. The van der Waals surface area contributed by atoms with Gasteiger partial charge in [0, 0.05) is 10.9 Å². The summed E-state index contributed by atoms with van der Waals surface area (Å²) in [5.74, 6) is -0.256. The Hall–Kier alpha value is -2.73. The Morgan fingerprint density at radius 3 is 2.84 bits per heavy atom. The Morgan fingerprint density at radius 1 is 1.16 bits per heavy atom. The minimum Gasteiger partial charge on any atom is -0.344 e. The first-order valence-electron chi connectivity index (χ1n) is 8.25. The molecule has 0 bridgehead atoms. The molecule has 5 nitrogen and oxygen atoms in total. The molecule has 0 radical (unpaired) electrons. The van der Waals surface area contributed by atoms with E-state index in [-0.39, 0.29) is 23.2 Å². The monoisotopic (exact) mass is 351 g/mol. The van der Waals surface area contributed by atoms with Crippen LogP contribution in [0.2, 0.25) is 0 Å². The summed E-state index contributed by atoms with van der Waals surface area (Å²) in [7, 11) is 0. The molecule has 3 aromatic rings. The van der Waals surface area contributed by atoms with Crippen LogP contribution < -0.4 is 10.9 Å². The predicted molar refractivity (Wildman–Crippen MR) is 97.3 cm³/mol. The number of aryl methyl sites for hydroxylation is 1. The number of fused-ring (bicyclic) bond motifs is 1. The predicted octanol–water partition coefficient (Wildman–Crippen LogP) is 3.10. The largest absolute Gasteiger partial charge is 0.344 e. The van der Waals surface area contributed by atoms with Gasteiger partial charge in [0.25, 0.3) is 11.5 Å². The van der Waals surface area contributed by atoms with Crippen molar-refractivity contribution < 1.29 is 4.79 Å². The second kappa shape index (κ2) is 6.64. The molecule has 1 amide bonds. The highest BCUT2D eigenvalue weighted by atomic mass is 32.1. The highest BCUT2D eigenvalue weighted by Crippen LogP contribution is 2.33. The third-order valence-corrected chi connectivity index (χ3v) is 5.39. The van der Waals surface area contributed by atoms with Crippen LogP contribution in [0.15, 0.2) is 58.7 Å². The van der Waals surface area contributed by atoms with Crippen molar-refractivity contribution in [1.29, 1.82) is 0 Å². The number of hydrogen-bond acceptors (Lipinski definition) is 4. The van der Waals surface area contributed by atoms with Crippen LogP contribution in [0.5, 0.6) is 0 Å². The SMILES string of the molecule is O=C(NC1CCCc2sccc21)c1ccc(=O)n(-c2ccccc2)n1. The fourth-order valence-electron chi connectivity index (χ4n) is 3.15. The standard InChI is InChI=1S/C19H17N3O2S/c23-18-10-9-16(21-22(18)13-5-2-1-3-6-13)19(24)20-15-7-4-8-17-14(15)11-12-25-17/h1-3,5-6,9-12,15H,4,7-8H2,(H,20,24). The number of benzene rings is 1. The first kappa shape index (κ1) is 15.8. The summed E-state index contributed by atoms with van der Waals surface area (Å²) in [5, 5.41) is 9.38. The van der Waals surface area contributed by atoms with Gasteiger partial charge in [-0.1, -0.05) is 18.2 Å². The van der Waals surface area contributed by atoms with Gasteiger partial charge in [0.2, 0.25) is 0 Å². The normalized spacial score (nSPS) is 16.2. The van der Waals surface area contributed by atoms with Gasteiger partial charge in [-0.05, 0) is 54.5 Å². The molecule has 4 rings (SSSR count). The van der Waals surface area contributed by atoms with E-state index in [1.807, 2.05) is 18.2 Å². The fourth-order valence-corrected chi connectivity index (χ4v) is 4.14. The summed E-state index contributed by atoms with van der Waals surface area (Å²) in [4.78, 5) is 26.1. The molecule has 2 heterocycles. The number of rotatable bonds is 3. The Morgan fingerprint density at radius 2 is 2.00 bits per heavy atom. The zero-order valence-corrected chi connectivity index (χ0v) is 14.3. The third kappa shape index (κ3) is 3.13. The Balaban J connectivity index is 1.61. The van der Waals surface area contributed by atoms with E-state index in [0.29, 0.717) is 5.69 Å². The molecule has 0 aliphatic heterocycles. The van der Waals surface area contributed by atoms with Crippen LogP contribution in [-0.2, 0) is 6.42 Å². The highest BCUT2D eigenvalue weighted by molar-refractivity contribution is 7.10. The summed E-state index contributed by atoms with van der Waals surface area (Å²) < 4.78 is 1.26. The minimum absolute atomic E-state index is 0.0152. The van der Waals surface area contributed by atoms with Crippen LogP contribution >= 0.6 is 11.3 Å². The maximum atomic E-state index is 12.7. The van der Waals surface area contributed by atoms with Crippen molar-refractivity contribution in [3.05, 3.63) is 80.4 Å². The number of amides is 1. The molecule has 0 saturated heterocycles. The van der Waals surface area contributed by atoms with Gasteiger partial charge < -0.3 is 5.32 Å². The Kier molecular flexibility index (Phi) is 4.19. The van der Waals surface area contributed by atoms with Crippen LogP contribution in [0.4, 0.5) is 0 Å². The number of hydrogen-bond donors (Lipinski definition) is 1. The van der Waals surface area contributed by atoms with Crippen molar-refractivity contribution >= 4 is 17.2 Å². The first-order valence-corrected chi connectivity index (χ1v) is 9.13. The summed E-state index contributed by atoms with van der Waals surface area (Å²) in [6.45, 7) is 0. The number of nitrogens with zero attached hydrogens (tertiary/aromatic N) is 2. The lowest BCUT2D eigenvalue weighted by Gasteiger charge is -2.23. The van der Waals surface area contributed by atoms with E-state index >= 15 is 0 Å². The maximum Gasteiger partial charge on any atom is 0.272 e. The lowest BCUT2D eigenvalue weighted by molar-refractivity contribution is 0.0926. The van der Waals surface area contributed by atoms with Crippen LogP contribution in [-0.4, -0.2) is 15.7 Å². The zero-order valence-electron chi connectivity index (χ0n) is 13.5. The molecule has 1 unspecified atom stereocenters. The molecular weight excluding hydrogens is 334 g/mol. The molecule has 6 heteroatoms. The number of nitrogens with one attached hydrogen (secondary N) is 1. The van der Waals surface area contributed by atoms with Gasteiger partial charge in [0.15, 0.2) is 0 Å². The minimum atomic E-state index is -0.263. The smallest absolute Gasteiger partial charge is 0.272 e. The first-order chi connectivity index (χ1) is 12.2. The van der Waals surface area contributed by atoms with E-state index in [2.05, 4.69) is 21.9 Å². The Bertz CT molecular complexity index is 962. The van der Waals surface area contributed by atoms with Crippen molar-refractivity contribution in [2.24, 2.45) is 0 Å². The van der Waals surface area contributed by atoms with Crippen molar-refractivity contribution in [1.82, 2.24) is 15.1 Å². The molecule has 1 atom stereocenters. The third-order valence-electron chi connectivity index (χ3n) is 4.39. The fraction of sp³-hybridized carbons (Fsp3) is 0.211. The molecular formula is C19H17N3O2S. The highest BCUT2D eigenvalue weighted by Gasteiger charge is 2.23. The van der Waals surface area contributed by atoms with Gasteiger partial charge in [-0.15, -0.1) is 11.3 Å². The summed E-state index contributed by atoms with van der Waals surface area (Å²) in [5.41, 5.74) is 1.83. The van der Waals surface area contributed by atoms with Crippen LogP contribution in [0.25, 0.3) is 5.69 Å². The van der Waals surface area contributed by atoms with E-state index in [1.54, 1.807) is 23.5 Å². The van der Waals surface area contributed by atoms with Gasteiger partial charge in [-0.25, -0.2) is 0 Å². The molecule has 25 heavy (non-hydrogen) atoms. The molecule has 2 aromatic heterocycles.